The van der Waals surface area contributed by atoms with Gasteiger partial charge in [0.15, 0.2) is 0 Å². The molecule has 0 saturated carbocycles. The molecule has 0 bridgehead atoms. The van der Waals surface area contributed by atoms with Crippen molar-refractivity contribution in [2.45, 2.75) is 46.1 Å². The average molecular weight is 236 g/mol. The van der Waals surface area contributed by atoms with Gasteiger partial charge in [-0.05, 0) is 25.0 Å². The lowest BCUT2D eigenvalue weighted by Gasteiger charge is -2.22. The standard InChI is InChI=1S/C14H24N2O/c1-4-6-11-16(14(17)8-5-2)12-13-9-7-10-15(13)3/h7,9-10H,4-6,8,11-12H2,1-3H3. The Hall–Kier alpha value is -1.25. The average Bonchev–Trinajstić information content (AvgIpc) is 2.70. The quantitative estimate of drug-likeness (QED) is 0.714. The highest BCUT2D eigenvalue weighted by molar-refractivity contribution is 5.76. The lowest BCUT2D eigenvalue weighted by molar-refractivity contribution is -0.132. The molecule has 0 radical (unpaired) electrons. The molecule has 1 heterocycles. The highest BCUT2D eigenvalue weighted by atomic mass is 16.2. The van der Waals surface area contributed by atoms with E-state index in [9.17, 15) is 4.79 Å². The van der Waals surface area contributed by atoms with Crippen LogP contribution in [0.25, 0.3) is 0 Å². The van der Waals surface area contributed by atoms with Crippen LogP contribution in [0.1, 0.15) is 45.2 Å². The smallest absolute Gasteiger partial charge is 0.222 e. The molecule has 0 aromatic carbocycles. The highest BCUT2D eigenvalue weighted by Gasteiger charge is 2.13. The van der Waals surface area contributed by atoms with E-state index in [4.69, 9.17) is 0 Å². The Balaban J connectivity index is 2.63. The summed E-state index contributed by atoms with van der Waals surface area (Å²) < 4.78 is 2.08. The number of hydrogen-bond donors (Lipinski definition) is 0. The van der Waals surface area contributed by atoms with Gasteiger partial charge in [0.1, 0.15) is 0 Å². The molecular weight excluding hydrogens is 212 g/mol. The second kappa shape index (κ2) is 7.15. The van der Waals surface area contributed by atoms with Crippen molar-refractivity contribution in [2.24, 2.45) is 7.05 Å². The first-order chi connectivity index (χ1) is 8.19. The molecule has 0 atom stereocenters. The zero-order chi connectivity index (χ0) is 12.7. The SMILES string of the molecule is CCCCN(Cc1cccn1C)C(=O)CCC. The van der Waals surface area contributed by atoms with E-state index < -0.39 is 0 Å². The molecule has 0 spiro atoms. The molecule has 1 rings (SSSR count). The second-order valence-corrected chi connectivity index (χ2v) is 4.53. The first-order valence-corrected chi connectivity index (χ1v) is 6.57. The van der Waals surface area contributed by atoms with Gasteiger partial charge in [-0.25, -0.2) is 0 Å². The Labute approximate surface area is 104 Å². The molecule has 3 heteroatoms. The largest absolute Gasteiger partial charge is 0.353 e. The van der Waals surface area contributed by atoms with Gasteiger partial charge < -0.3 is 9.47 Å². The van der Waals surface area contributed by atoms with E-state index in [1.807, 2.05) is 24.2 Å². The summed E-state index contributed by atoms with van der Waals surface area (Å²) in [5.74, 6) is 0.280. The van der Waals surface area contributed by atoms with E-state index in [1.165, 1.54) is 5.69 Å². The van der Waals surface area contributed by atoms with E-state index in [1.54, 1.807) is 0 Å². The van der Waals surface area contributed by atoms with E-state index >= 15 is 0 Å². The Morgan fingerprint density at radius 2 is 2.12 bits per heavy atom. The third-order valence-electron chi connectivity index (χ3n) is 3.00. The van der Waals surface area contributed by atoms with Gasteiger partial charge >= 0.3 is 0 Å². The van der Waals surface area contributed by atoms with Crippen LogP contribution in [0, 0.1) is 0 Å². The van der Waals surface area contributed by atoms with Gasteiger partial charge in [0.25, 0.3) is 0 Å². The van der Waals surface area contributed by atoms with Crippen molar-refractivity contribution in [3.05, 3.63) is 24.0 Å². The van der Waals surface area contributed by atoms with Crippen molar-refractivity contribution in [1.82, 2.24) is 9.47 Å². The van der Waals surface area contributed by atoms with Gasteiger partial charge in [-0.3, -0.25) is 4.79 Å². The predicted octanol–water partition coefficient (Wildman–Crippen LogP) is 2.95. The number of nitrogens with zero attached hydrogens (tertiary/aromatic N) is 2. The van der Waals surface area contributed by atoms with E-state index in [0.717, 1.165) is 32.4 Å². The minimum atomic E-state index is 0.280. The minimum Gasteiger partial charge on any atom is -0.353 e. The van der Waals surface area contributed by atoms with Gasteiger partial charge in [0.2, 0.25) is 5.91 Å². The zero-order valence-electron chi connectivity index (χ0n) is 11.3. The molecule has 0 aliphatic rings. The van der Waals surface area contributed by atoms with Gasteiger partial charge in [0, 0.05) is 31.9 Å². The third kappa shape index (κ3) is 4.25. The van der Waals surface area contributed by atoms with Crippen LogP contribution in [0.4, 0.5) is 0 Å². The molecule has 1 aromatic rings. The number of amides is 1. The number of aryl methyl sites for hydroxylation is 1. The Morgan fingerprint density at radius 3 is 2.65 bits per heavy atom. The van der Waals surface area contributed by atoms with Crippen LogP contribution in [-0.4, -0.2) is 21.9 Å². The summed E-state index contributed by atoms with van der Waals surface area (Å²) in [6, 6.07) is 4.11. The van der Waals surface area contributed by atoms with E-state index in [-0.39, 0.29) is 5.91 Å². The summed E-state index contributed by atoms with van der Waals surface area (Å²) in [4.78, 5) is 14.0. The fourth-order valence-corrected chi connectivity index (χ4v) is 1.87. The number of unbranched alkanes of at least 4 members (excludes halogenated alkanes) is 1. The van der Waals surface area contributed by atoms with Gasteiger partial charge in [-0.1, -0.05) is 20.3 Å². The fraction of sp³-hybridized carbons (Fsp3) is 0.643. The van der Waals surface area contributed by atoms with Crippen molar-refractivity contribution >= 4 is 5.91 Å². The van der Waals surface area contributed by atoms with Crippen LogP contribution < -0.4 is 0 Å². The van der Waals surface area contributed by atoms with Gasteiger partial charge in [-0.2, -0.15) is 0 Å². The van der Waals surface area contributed by atoms with Gasteiger partial charge in [-0.15, -0.1) is 0 Å². The molecule has 0 fully saturated rings. The Morgan fingerprint density at radius 1 is 1.35 bits per heavy atom. The molecule has 96 valence electrons. The van der Waals surface area contributed by atoms with Crippen LogP contribution in [0.3, 0.4) is 0 Å². The maximum absolute atomic E-state index is 12.0. The normalized spacial score (nSPS) is 10.5. The summed E-state index contributed by atoms with van der Waals surface area (Å²) in [5, 5.41) is 0. The first kappa shape index (κ1) is 13.8. The summed E-state index contributed by atoms with van der Waals surface area (Å²) in [5.41, 5.74) is 1.20. The topological polar surface area (TPSA) is 25.2 Å². The van der Waals surface area contributed by atoms with Crippen molar-refractivity contribution in [2.75, 3.05) is 6.54 Å². The van der Waals surface area contributed by atoms with Crippen LogP contribution in [0.2, 0.25) is 0 Å². The predicted molar refractivity (Wildman–Crippen MR) is 70.6 cm³/mol. The molecule has 1 aromatic heterocycles. The molecule has 3 nitrogen and oxygen atoms in total. The summed E-state index contributed by atoms with van der Waals surface area (Å²) in [6.07, 6.45) is 5.82. The lowest BCUT2D eigenvalue weighted by Crippen LogP contribution is -2.31. The molecular formula is C14H24N2O. The number of hydrogen-bond acceptors (Lipinski definition) is 1. The van der Waals surface area contributed by atoms with Crippen LogP contribution >= 0.6 is 0 Å². The molecule has 0 aliphatic carbocycles. The monoisotopic (exact) mass is 236 g/mol. The molecule has 0 saturated heterocycles. The number of carbonyl (C=O) groups is 1. The first-order valence-electron chi connectivity index (χ1n) is 6.57. The van der Waals surface area contributed by atoms with Crippen LogP contribution in [0.15, 0.2) is 18.3 Å². The molecule has 0 aliphatic heterocycles. The molecule has 17 heavy (non-hydrogen) atoms. The number of aromatic nitrogens is 1. The van der Waals surface area contributed by atoms with Crippen molar-refractivity contribution in [1.29, 1.82) is 0 Å². The maximum atomic E-state index is 12.0. The van der Waals surface area contributed by atoms with Gasteiger partial charge in [0.05, 0.1) is 6.54 Å². The maximum Gasteiger partial charge on any atom is 0.222 e. The molecule has 0 N–H and O–H groups in total. The van der Waals surface area contributed by atoms with E-state index in [0.29, 0.717) is 6.42 Å². The summed E-state index contributed by atoms with van der Waals surface area (Å²) in [7, 11) is 2.03. The minimum absolute atomic E-state index is 0.280. The second-order valence-electron chi connectivity index (χ2n) is 4.53. The van der Waals surface area contributed by atoms with Crippen molar-refractivity contribution < 1.29 is 4.79 Å². The Bertz CT molecular complexity index is 344. The van der Waals surface area contributed by atoms with E-state index in [2.05, 4.69) is 24.5 Å². The summed E-state index contributed by atoms with van der Waals surface area (Å²) in [6.45, 7) is 5.83. The third-order valence-corrected chi connectivity index (χ3v) is 3.00. The number of rotatable bonds is 7. The molecule has 0 unspecified atom stereocenters. The fourth-order valence-electron chi connectivity index (χ4n) is 1.87. The Kier molecular flexibility index (Phi) is 5.81. The molecule has 1 amide bonds. The van der Waals surface area contributed by atoms with Crippen LogP contribution in [-0.2, 0) is 18.4 Å². The zero-order valence-corrected chi connectivity index (χ0v) is 11.3. The number of carbonyl (C=O) groups excluding carboxylic acids is 1. The lowest BCUT2D eigenvalue weighted by atomic mass is 10.2. The van der Waals surface area contributed by atoms with Crippen LogP contribution in [0.5, 0.6) is 0 Å². The van der Waals surface area contributed by atoms with Crippen molar-refractivity contribution in [3.63, 3.8) is 0 Å². The highest BCUT2D eigenvalue weighted by Crippen LogP contribution is 2.09. The summed E-state index contributed by atoms with van der Waals surface area (Å²) >= 11 is 0. The van der Waals surface area contributed by atoms with Crippen molar-refractivity contribution in [3.8, 4) is 0 Å².